The maximum atomic E-state index is 13.7. The Hall–Kier alpha value is -3.72. The van der Waals surface area contributed by atoms with Gasteiger partial charge in [-0.3, -0.25) is 9.59 Å². The van der Waals surface area contributed by atoms with E-state index in [1.807, 2.05) is 42.5 Å². The molecule has 0 fully saturated rings. The zero-order chi connectivity index (χ0) is 23.2. The Labute approximate surface area is 194 Å². The molecular formula is C24H22FN5O2S. The van der Waals surface area contributed by atoms with Crippen LogP contribution in [0.3, 0.4) is 0 Å². The number of hydrogen-bond acceptors (Lipinski definition) is 5. The van der Waals surface area contributed by atoms with Crippen LogP contribution < -0.4 is 10.6 Å². The van der Waals surface area contributed by atoms with Gasteiger partial charge < -0.3 is 15.2 Å². The second kappa shape index (κ2) is 10.3. The first kappa shape index (κ1) is 22.5. The molecule has 0 bridgehead atoms. The van der Waals surface area contributed by atoms with Gasteiger partial charge >= 0.3 is 0 Å². The van der Waals surface area contributed by atoms with Gasteiger partial charge in [-0.25, -0.2) is 4.39 Å². The average molecular weight is 464 g/mol. The number of halogens is 1. The van der Waals surface area contributed by atoms with E-state index < -0.39 is 11.7 Å². The highest BCUT2D eigenvalue weighted by atomic mass is 32.2. The summed E-state index contributed by atoms with van der Waals surface area (Å²) >= 11 is 1.28. The number of aromatic nitrogens is 3. The van der Waals surface area contributed by atoms with Crippen LogP contribution in [0.5, 0.6) is 0 Å². The van der Waals surface area contributed by atoms with Gasteiger partial charge in [0.15, 0.2) is 5.16 Å². The monoisotopic (exact) mass is 463 g/mol. The zero-order valence-corrected chi connectivity index (χ0v) is 18.7. The lowest BCUT2D eigenvalue weighted by atomic mass is 10.1. The molecule has 0 aliphatic heterocycles. The van der Waals surface area contributed by atoms with Crippen molar-refractivity contribution in [3.63, 3.8) is 0 Å². The number of amides is 2. The molecule has 7 nitrogen and oxygen atoms in total. The lowest BCUT2D eigenvalue weighted by molar-refractivity contribution is -0.113. The summed E-state index contributed by atoms with van der Waals surface area (Å²) in [6.45, 7) is 0.283. The topological polar surface area (TPSA) is 88.9 Å². The number of nitrogens with zero attached hydrogens (tertiary/aromatic N) is 3. The van der Waals surface area contributed by atoms with E-state index >= 15 is 0 Å². The molecule has 2 N–H and O–H groups in total. The molecule has 0 spiro atoms. The number of nitrogens with one attached hydrogen (secondary N) is 2. The van der Waals surface area contributed by atoms with Gasteiger partial charge in [0, 0.05) is 31.1 Å². The van der Waals surface area contributed by atoms with E-state index in [4.69, 9.17) is 0 Å². The molecule has 1 aromatic heterocycles. The summed E-state index contributed by atoms with van der Waals surface area (Å²) in [6.07, 6.45) is 0.423. The summed E-state index contributed by atoms with van der Waals surface area (Å²) in [7, 11) is 1.80. The van der Waals surface area contributed by atoms with Gasteiger partial charge in [-0.2, -0.15) is 0 Å². The van der Waals surface area contributed by atoms with Crippen LogP contribution in [-0.4, -0.2) is 38.9 Å². The molecule has 33 heavy (non-hydrogen) atoms. The molecule has 2 amide bonds. The zero-order valence-electron chi connectivity index (χ0n) is 17.9. The number of thioether (sulfide) groups is 1. The Kier molecular flexibility index (Phi) is 6.99. The van der Waals surface area contributed by atoms with E-state index in [-0.39, 0.29) is 23.8 Å². The SMILES string of the molecule is Cn1c(CCNC(=O)c2ccccc2F)nnc1SCC(=O)Nc1cccc2ccccc12. The molecule has 0 radical (unpaired) electrons. The van der Waals surface area contributed by atoms with Crippen LogP contribution in [0.15, 0.2) is 71.9 Å². The number of fused-ring (bicyclic) bond motifs is 1. The van der Waals surface area contributed by atoms with Crippen LogP contribution in [-0.2, 0) is 18.3 Å². The van der Waals surface area contributed by atoms with Gasteiger partial charge in [-0.05, 0) is 23.6 Å². The third-order valence-electron chi connectivity index (χ3n) is 5.07. The van der Waals surface area contributed by atoms with E-state index in [2.05, 4.69) is 20.8 Å². The van der Waals surface area contributed by atoms with Gasteiger partial charge in [0.1, 0.15) is 11.6 Å². The van der Waals surface area contributed by atoms with E-state index in [0.29, 0.717) is 17.4 Å². The van der Waals surface area contributed by atoms with E-state index in [0.717, 1.165) is 16.5 Å². The summed E-state index contributed by atoms with van der Waals surface area (Å²) in [5.41, 5.74) is 0.770. The summed E-state index contributed by atoms with van der Waals surface area (Å²) in [4.78, 5) is 24.6. The second-order valence-electron chi connectivity index (χ2n) is 7.31. The van der Waals surface area contributed by atoms with Crippen LogP contribution in [0.2, 0.25) is 0 Å². The molecule has 0 atom stereocenters. The van der Waals surface area contributed by atoms with E-state index in [1.54, 1.807) is 17.7 Å². The van der Waals surface area contributed by atoms with Crippen molar-refractivity contribution in [2.45, 2.75) is 11.6 Å². The van der Waals surface area contributed by atoms with Crippen molar-refractivity contribution in [3.8, 4) is 0 Å². The first-order valence-corrected chi connectivity index (χ1v) is 11.3. The quantitative estimate of drug-likeness (QED) is 0.388. The van der Waals surface area contributed by atoms with Crippen molar-refractivity contribution in [2.24, 2.45) is 7.05 Å². The summed E-state index contributed by atoms with van der Waals surface area (Å²) in [6, 6.07) is 19.5. The Balaban J connectivity index is 1.29. The third kappa shape index (κ3) is 5.38. The summed E-state index contributed by atoms with van der Waals surface area (Å²) in [5, 5.41) is 16.6. The molecule has 0 aliphatic carbocycles. The number of benzene rings is 3. The lowest BCUT2D eigenvalue weighted by Crippen LogP contribution is -2.27. The fourth-order valence-electron chi connectivity index (χ4n) is 3.37. The molecule has 0 saturated heterocycles. The first-order chi connectivity index (χ1) is 16.0. The fourth-order valence-corrected chi connectivity index (χ4v) is 4.10. The minimum absolute atomic E-state index is 0.00363. The number of rotatable bonds is 8. The predicted octanol–water partition coefficient (Wildman–Crippen LogP) is 3.81. The van der Waals surface area contributed by atoms with Crippen LogP contribution in [0, 0.1) is 5.82 Å². The largest absolute Gasteiger partial charge is 0.351 e. The van der Waals surface area contributed by atoms with Crippen LogP contribution in [0.4, 0.5) is 10.1 Å². The highest BCUT2D eigenvalue weighted by Gasteiger charge is 2.14. The maximum absolute atomic E-state index is 13.7. The maximum Gasteiger partial charge on any atom is 0.254 e. The van der Waals surface area contributed by atoms with Gasteiger partial charge in [-0.1, -0.05) is 60.3 Å². The van der Waals surface area contributed by atoms with Crippen LogP contribution in [0.25, 0.3) is 10.8 Å². The molecule has 1 heterocycles. The molecular weight excluding hydrogens is 441 g/mol. The predicted molar refractivity (Wildman–Crippen MR) is 127 cm³/mol. The molecule has 4 aromatic rings. The highest BCUT2D eigenvalue weighted by molar-refractivity contribution is 7.99. The second-order valence-corrected chi connectivity index (χ2v) is 8.25. The Bertz CT molecular complexity index is 1300. The summed E-state index contributed by atoms with van der Waals surface area (Å²) < 4.78 is 15.5. The minimum Gasteiger partial charge on any atom is -0.351 e. The van der Waals surface area contributed by atoms with Crippen molar-refractivity contribution < 1.29 is 14.0 Å². The summed E-state index contributed by atoms with van der Waals surface area (Å²) in [5.74, 6) is -0.345. The molecule has 0 unspecified atom stereocenters. The highest BCUT2D eigenvalue weighted by Crippen LogP contribution is 2.23. The van der Waals surface area contributed by atoms with Crippen molar-refractivity contribution in [2.75, 3.05) is 17.6 Å². The smallest absolute Gasteiger partial charge is 0.254 e. The molecule has 9 heteroatoms. The lowest BCUT2D eigenvalue weighted by Gasteiger charge is -2.09. The fraction of sp³-hybridized carbons (Fsp3) is 0.167. The third-order valence-corrected chi connectivity index (χ3v) is 6.09. The number of hydrogen-bond donors (Lipinski definition) is 2. The van der Waals surface area contributed by atoms with Crippen molar-refractivity contribution in [3.05, 3.63) is 83.9 Å². The van der Waals surface area contributed by atoms with E-state index in [9.17, 15) is 14.0 Å². The Morgan fingerprint density at radius 2 is 1.76 bits per heavy atom. The number of carbonyl (C=O) groups excluding carboxylic acids is 2. The van der Waals surface area contributed by atoms with Gasteiger partial charge in [0.05, 0.1) is 11.3 Å². The molecule has 0 saturated carbocycles. The van der Waals surface area contributed by atoms with Gasteiger partial charge in [0.25, 0.3) is 5.91 Å². The van der Waals surface area contributed by atoms with Gasteiger partial charge in [0.2, 0.25) is 5.91 Å². The molecule has 0 aliphatic rings. The van der Waals surface area contributed by atoms with Crippen molar-refractivity contribution >= 4 is 40.0 Å². The van der Waals surface area contributed by atoms with Crippen molar-refractivity contribution in [1.29, 1.82) is 0 Å². The number of carbonyl (C=O) groups is 2. The number of anilines is 1. The van der Waals surface area contributed by atoms with Crippen LogP contribution >= 0.6 is 11.8 Å². The average Bonchev–Trinajstić information content (AvgIpc) is 3.17. The standard InChI is InChI=1S/C24H22FN5O2S/c1-30-21(13-14-26-23(32)18-10-4-5-11-19(18)25)28-29-24(30)33-15-22(31)27-20-12-6-8-16-7-2-3-9-17(16)20/h2-12H,13-15H2,1H3,(H,26,32)(H,27,31). The minimum atomic E-state index is -0.561. The Morgan fingerprint density at radius 3 is 2.61 bits per heavy atom. The van der Waals surface area contributed by atoms with Crippen molar-refractivity contribution in [1.82, 2.24) is 20.1 Å². The van der Waals surface area contributed by atoms with Gasteiger partial charge in [-0.15, -0.1) is 10.2 Å². The first-order valence-electron chi connectivity index (χ1n) is 10.3. The molecule has 4 rings (SSSR count). The van der Waals surface area contributed by atoms with Crippen LogP contribution in [0.1, 0.15) is 16.2 Å². The normalized spacial score (nSPS) is 10.8. The van der Waals surface area contributed by atoms with E-state index in [1.165, 1.54) is 30.0 Å². The Morgan fingerprint density at radius 1 is 1.00 bits per heavy atom. The molecule has 3 aromatic carbocycles. The molecule has 168 valence electrons.